The number of hydrogen-bond donors (Lipinski definition) is 0. The number of thioether (sulfide) groups is 1. The van der Waals surface area contributed by atoms with Crippen LogP contribution in [0.1, 0.15) is 12.0 Å². The van der Waals surface area contributed by atoms with Crippen LogP contribution in [0.15, 0.2) is 17.0 Å². The first-order valence-electron chi connectivity index (χ1n) is 9.16. The SMILES string of the molecule is COc1cc(C=C2SC(=S)N(CCC(=O)OCCN(C)C)C2=O)cc(OC)c1OC. The second kappa shape index (κ2) is 11.2. The van der Waals surface area contributed by atoms with Gasteiger partial charge in [-0.15, -0.1) is 0 Å². The molecule has 0 radical (unpaired) electrons. The van der Waals surface area contributed by atoms with Crippen LogP contribution < -0.4 is 14.2 Å². The van der Waals surface area contributed by atoms with Gasteiger partial charge in [0.1, 0.15) is 10.9 Å². The summed E-state index contributed by atoms with van der Waals surface area (Å²) in [5.74, 6) is 0.829. The molecule has 10 heteroatoms. The van der Waals surface area contributed by atoms with E-state index in [1.165, 1.54) is 38.0 Å². The zero-order chi connectivity index (χ0) is 22.3. The fraction of sp³-hybridized carbons (Fsp3) is 0.450. The van der Waals surface area contributed by atoms with Crippen LogP contribution in [0.4, 0.5) is 0 Å². The summed E-state index contributed by atoms with van der Waals surface area (Å²) < 4.78 is 21.6. The molecule has 1 heterocycles. The molecule has 0 N–H and O–H groups in total. The maximum Gasteiger partial charge on any atom is 0.307 e. The predicted octanol–water partition coefficient (Wildman–Crippen LogP) is 2.41. The lowest BCUT2D eigenvalue weighted by molar-refractivity contribution is -0.144. The summed E-state index contributed by atoms with van der Waals surface area (Å²) in [5, 5.41) is 0. The summed E-state index contributed by atoms with van der Waals surface area (Å²) in [5.41, 5.74) is 0.702. The molecule has 0 atom stereocenters. The Morgan fingerprint density at radius 2 is 1.80 bits per heavy atom. The molecule has 0 aromatic heterocycles. The highest BCUT2D eigenvalue weighted by molar-refractivity contribution is 8.26. The molecule has 2 rings (SSSR count). The van der Waals surface area contributed by atoms with Crippen LogP contribution >= 0.6 is 24.0 Å². The quantitative estimate of drug-likeness (QED) is 0.301. The van der Waals surface area contributed by atoms with Gasteiger partial charge in [0.25, 0.3) is 5.91 Å². The molecular weight excluding hydrogens is 428 g/mol. The van der Waals surface area contributed by atoms with Gasteiger partial charge in [0, 0.05) is 13.1 Å². The fourth-order valence-electron chi connectivity index (χ4n) is 2.65. The van der Waals surface area contributed by atoms with Gasteiger partial charge in [0.15, 0.2) is 11.5 Å². The van der Waals surface area contributed by atoms with Crippen molar-refractivity contribution < 1.29 is 28.5 Å². The van der Waals surface area contributed by atoms with Crippen LogP contribution in [0.3, 0.4) is 0 Å². The van der Waals surface area contributed by atoms with Gasteiger partial charge >= 0.3 is 5.97 Å². The number of thiocarbonyl (C=S) groups is 1. The lowest BCUT2D eigenvalue weighted by Crippen LogP contribution is -2.31. The number of hydrogen-bond acceptors (Lipinski definition) is 9. The molecule has 1 aromatic rings. The molecule has 8 nitrogen and oxygen atoms in total. The zero-order valence-electron chi connectivity index (χ0n) is 17.7. The predicted molar refractivity (Wildman–Crippen MR) is 120 cm³/mol. The normalized spacial score (nSPS) is 15.1. The molecule has 1 amide bonds. The standard InChI is InChI=1S/C20H26N2O6S2/c1-21(2)8-9-28-17(23)6-7-22-19(24)16(30-20(22)29)12-13-10-14(25-3)18(27-5)15(11-13)26-4/h10-12H,6-9H2,1-5H3. The van der Waals surface area contributed by atoms with Crippen LogP contribution in [-0.2, 0) is 14.3 Å². The Hall–Kier alpha value is -2.30. The van der Waals surface area contributed by atoms with Crippen LogP contribution in [0.2, 0.25) is 0 Å². The summed E-state index contributed by atoms with van der Waals surface area (Å²) in [7, 11) is 8.37. The van der Waals surface area contributed by atoms with E-state index in [9.17, 15) is 9.59 Å². The number of rotatable bonds is 10. The van der Waals surface area contributed by atoms with Crippen molar-refractivity contribution in [2.24, 2.45) is 0 Å². The summed E-state index contributed by atoms with van der Waals surface area (Å²) >= 11 is 6.50. The topological polar surface area (TPSA) is 77.5 Å². The van der Waals surface area contributed by atoms with Crippen molar-refractivity contribution in [1.82, 2.24) is 9.80 Å². The van der Waals surface area contributed by atoms with Gasteiger partial charge in [-0.3, -0.25) is 14.5 Å². The van der Waals surface area contributed by atoms with Crippen molar-refractivity contribution in [3.8, 4) is 17.2 Å². The van der Waals surface area contributed by atoms with E-state index in [1.54, 1.807) is 18.2 Å². The van der Waals surface area contributed by atoms with E-state index in [-0.39, 0.29) is 24.8 Å². The molecular formula is C20H26N2O6S2. The Labute approximate surface area is 186 Å². The van der Waals surface area contributed by atoms with E-state index in [2.05, 4.69) is 0 Å². The second-order valence-electron chi connectivity index (χ2n) is 6.57. The number of amides is 1. The summed E-state index contributed by atoms with van der Waals surface area (Å²) in [4.78, 5) is 28.4. The second-order valence-corrected chi connectivity index (χ2v) is 8.24. The average molecular weight is 455 g/mol. The first kappa shape index (κ1) is 24.0. The monoisotopic (exact) mass is 454 g/mol. The number of carbonyl (C=O) groups is 2. The minimum absolute atomic E-state index is 0.0807. The molecule has 1 fully saturated rings. The third-order valence-electron chi connectivity index (χ3n) is 4.20. The molecule has 0 spiro atoms. The fourth-order valence-corrected chi connectivity index (χ4v) is 3.95. The summed E-state index contributed by atoms with van der Waals surface area (Å²) in [6, 6.07) is 3.49. The van der Waals surface area contributed by atoms with Crippen LogP contribution in [0.5, 0.6) is 17.2 Å². The van der Waals surface area contributed by atoms with E-state index >= 15 is 0 Å². The van der Waals surface area contributed by atoms with E-state index in [0.717, 1.165) is 0 Å². The van der Waals surface area contributed by atoms with Gasteiger partial charge in [-0.2, -0.15) is 0 Å². The molecule has 0 aliphatic carbocycles. The third kappa shape index (κ3) is 6.10. The van der Waals surface area contributed by atoms with Crippen molar-refractivity contribution in [1.29, 1.82) is 0 Å². The molecule has 0 saturated carbocycles. The van der Waals surface area contributed by atoms with Gasteiger partial charge in [-0.25, -0.2) is 0 Å². The Balaban J connectivity index is 2.09. The van der Waals surface area contributed by atoms with Gasteiger partial charge in [0.05, 0.1) is 32.7 Å². The number of esters is 1. The van der Waals surface area contributed by atoms with E-state index in [4.69, 9.17) is 31.2 Å². The highest BCUT2D eigenvalue weighted by Crippen LogP contribution is 2.40. The van der Waals surface area contributed by atoms with Crippen LogP contribution in [0.25, 0.3) is 6.08 Å². The van der Waals surface area contributed by atoms with Crippen molar-refractivity contribution >= 4 is 46.3 Å². The first-order chi connectivity index (χ1) is 14.3. The molecule has 1 aliphatic rings. The van der Waals surface area contributed by atoms with Crippen molar-refractivity contribution in [2.75, 3.05) is 55.1 Å². The Morgan fingerprint density at radius 3 is 2.33 bits per heavy atom. The van der Waals surface area contributed by atoms with Crippen molar-refractivity contribution in [3.05, 3.63) is 22.6 Å². The maximum absolute atomic E-state index is 12.8. The first-order valence-corrected chi connectivity index (χ1v) is 10.4. The zero-order valence-corrected chi connectivity index (χ0v) is 19.4. The van der Waals surface area contributed by atoms with Gasteiger partial charge < -0.3 is 23.8 Å². The third-order valence-corrected chi connectivity index (χ3v) is 5.58. The minimum atomic E-state index is -0.362. The Kier molecular flexibility index (Phi) is 8.94. The molecule has 164 valence electrons. The average Bonchev–Trinajstić information content (AvgIpc) is 2.97. The largest absolute Gasteiger partial charge is 0.493 e. The smallest absolute Gasteiger partial charge is 0.307 e. The van der Waals surface area contributed by atoms with E-state index < -0.39 is 0 Å². The molecule has 0 bridgehead atoms. The number of carbonyl (C=O) groups excluding carboxylic acids is 2. The van der Waals surface area contributed by atoms with E-state index in [0.29, 0.717) is 45.2 Å². The van der Waals surface area contributed by atoms with Crippen LogP contribution in [-0.4, -0.2) is 81.1 Å². The van der Waals surface area contributed by atoms with Gasteiger partial charge in [0.2, 0.25) is 5.75 Å². The molecule has 0 unspecified atom stereocenters. The number of ether oxygens (including phenoxy) is 4. The summed E-state index contributed by atoms with van der Waals surface area (Å²) in [6.07, 6.45) is 1.79. The van der Waals surface area contributed by atoms with Gasteiger partial charge in [-0.1, -0.05) is 24.0 Å². The lowest BCUT2D eigenvalue weighted by atomic mass is 10.1. The molecule has 1 saturated heterocycles. The summed E-state index contributed by atoms with van der Waals surface area (Å²) in [6.45, 7) is 1.13. The van der Waals surface area contributed by atoms with Crippen molar-refractivity contribution in [2.45, 2.75) is 6.42 Å². The number of likely N-dealkylation sites (N-methyl/N-ethyl adjacent to an activating group) is 1. The molecule has 1 aliphatic heterocycles. The Morgan fingerprint density at radius 1 is 1.17 bits per heavy atom. The maximum atomic E-state index is 12.8. The molecule has 1 aromatic carbocycles. The number of nitrogens with zero attached hydrogens (tertiary/aromatic N) is 2. The highest BCUT2D eigenvalue weighted by Gasteiger charge is 2.32. The molecule has 30 heavy (non-hydrogen) atoms. The minimum Gasteiger partial charge on any atom is -0.493 e. The van der Waals surface area contributed by atoms with Crippen molar-refractivity contribution in [3.63, 3.8) is 0 Å². The Bertz CT molecular complexity index is 816. The number of benzene rings is 1. The number of methoxy groups -OCH3 is 3. The lowest BCUT2D eigenvalue weighted by Gasteiger charge is -2.14. The van der Waals surface area contributed by atoms with E-state index in [1.807, 2.05) is 19.0 Å². The van der Waals surface area contributed by atoms with Gasteiger partial charge in [-0.05, 0) is 37.9 Å². The van der Waals surface area contributed by atoms with Crippen LogP contribution in [0, 0.1) is 0 Å². The highest BCUT2D eigenvalue weighted by atomic mass is 32.2.